The highest BCUT2D eigenvalue weighted by Gasteiger charge is 2.28. The van der Waals surface area contributed by atoms with Crippen LogP contribution in [-0.2, 0) is 37.5 Å². The smallest absolute Gasteiger partial charge is 0.472 e. The van der Waals surface area contributed by atoms with Crippen molar-refractivity contribution in [2.45, 2.75) is 187 Å². The van der Waals surface area contributed by atoms with Crippen molar-refractivity contribution in [2.24, 2.45) is 5.73 Å². The molecule has 0 rings (SSSR count). The Kier molecular flexibility index (Phi) is 36.5. The maximum atomic E-state index is 12.6. The van der Waals surface area contributed by atoms with Gasteiger partial charge in [0.2, 0.25) is 0 Å². The van der Waals surface area contributed by atoms with Crippen molar-refractivity contribution < 1.29 is 47.5 Å². The van der Waals surface area contributed by atoms with Gasteiger partial charge in [0.05, 0.1) is 13.2 Å². The second kappa shape index (κ2) is 38.3. The average molecular weight is 798 g/mol. The van der Waals surface area contributed by atoms with E-state index >= 15 is 0 Å². The van der Waals surface area contributed by atoms with E-state index in [2.05, 4.69) is 54.8 Å². The standard InChI is InChI=1S/C43H76NO10P/c1-3-5-7-9-11-13-15-17-19-20-21-23-25-27-29-31-33-35-42(46)54-39(37-52-55(49,50)53-38-40(44)43(47)48)36-51-41(45)34-32-30-28-26-24-22-18-16-14-12-10-8-6-4-2/h13,15,19-20,23,25,29,31,39-40H,3-12,14,16-18,21-22,24,26-28,30,32-38,44H2,1-2H3,(H,47,48)(H,49,50)/b15-13-,20-19-,25-23-,31-29-. The van der Waals surface area contributed by atoms with Crippen LogP contribution in [0.25, 0.3) is 0 Å². The molecular weight excluding hydrogens is 721 g/mol. The van der Waals surface area contributed by atoms with Crippen molar-refractivity contribution in [3.63, 3.8) is 0 Å². The van der Waals surface area contributed by atoms with Gasteiger partial charge in [0.1, 0.15) is 12.6 Å². The lowest BCUT2D eigenvalue weighted by Crippen LogP contribution is -2.34. The van der Waals surface area contributed by atoms with Gasteiger partial charge in [0, 0.05) is 12.8 Å². The highest BCUT2D eigenvalue weighted by Crippen LogP contribution is 2.43. The second-order valence-electron chi connectivity index (χ2n) is 14.1. The fraction of sp³-hybridized carbons (Fsp3) is 0.744. The minimum absolute atomic E-state index is 0.0410. The molecule has 0 bridgehead atoms. The van der Waals surface area contributed by atoms with Crippen LogP contribution in [-0.4, -0.2) is 59.9 Å². The first-order chi connectivity index (χ1) is 26.6. The van der Waals surface area contributed by atoms with Crippen LogP contribution in [0.3, 0.4) is 0 Å². The Morgan fingerprint density at radius 3 is 1.51 bits per heavy atom. The fourth-order valence-corrected chi connectivity index (χ4v) is 6.26. The van der Waals surface area contributed by atoms with Gasteiger partial charge in [-0.2, -0.15) is 0 Å². The lowest BCUT2D eigenvalue weighted by molar-refractivity contribution is -0.161. The predicted octanol–water partition coefficient (Wildman–Crippen LogP) is 11.0. The van der Waals surface area contributed by atoms with Gasteiger partial charge in [0.15, 0.2) is 6.10 Å². The molecule has 3 atom stereocenters. The van der Waals surface area contributed by atoms with E-state index in [9.17, 15) is 23.8 Å². The van der Waals surface area contributed by atoms with Gasteiger partial charge in [-0.1, -0.05) is 165 Å². The minimum Gasteiger partial charge on any atom is -0.480 e. The number of unbranched alkanes of at least 4 members (excludes halogenated alkanes) is 17. The minimum atomic E-state index is -4.73. The number of carboxylic acids is 1. The van der Waals surface area contributed by atoms with E-state index in [0.29, 0.717) is 12.8 Å². The number of carbonyl (C=O) groups excluding carboxylic acids is 2. The zero-order valence-corrected chi connectivity index (χ0v) is 35.2. The number of phosphoric ester groups is 1. The highest BCUT2D eigenvalue weighted by atomic mass is 31.2. The van der Waals surface area contributed by atoms with E-state index in [1.165, 1.54) is 89.9 Å². The molecule has 0 fully saturated rings. The number of esters is 2. The molecule has 0 aliphatic carbocycles. The number of allylic oxidation sites excluding steroid dienone is 8. The van der Waals surface area contributed by atoms with Crippen LogP contribution in [0.4, 0.5) is 0 Å². The van der Waals surface area contributed by atoms with Crippen molar-refractivity contribution in [2.75, 3.05) is 19.8 Å². The number of aliphatic carboxylic acids is 1. The van der Waals surface area contributed by atoms with Crippen molar-refractivity contribution in [1.29, 1.82) is 0 Å². The van der Waals surface area contributed by atoms with Crippen LogP contribution in [0, 0.1) is 0 Å². The Balaban J connectivity index is 4.50. The van der Waals surface area contributed by atoms with E-state index in [4.69, 9.17) is 24.8 Å². The molecule has 55 heavy (non-hydrogen) atoms. The molecule has 0 aromatic heterocycles. The first-order valence-electron chi connectivity index (χ1n) is 21.2. The third-order valence-electron chi connectivity index (χ3n) is 8.84. The number of phosphoric acid groups is 1. The monoisotopic (exact) mass is 798 g/mol. The molecule has 0 aliphatic heterocycles. The van der Waals surface area contributed by atoms with Crippen LogP contribution >= 0.6 is 7.82 Å². The van der Waals surface area contributed by atoms with Gasteiger partial charge in [-0.05, 0) is 44.9 Å². The first kappa shape index (κ1) is 52.4. The largest absolute Gasteiger partial charge is 0.480 e. The van der Waals surface area contributed by atoms with Gasteiger partial charge in [-0.3, -0.25) is 23.4 Å². The molecule has 0 heterocycles. The third-order valence-corrected chi connectivity index (χ3v) is 9.79. The van der Waals surface area contributed by atoms with Crippen LogP contribution in [0.15, 0.2) is 48.6 Å². The molecule has 4 N–H and O–H groups in total. The summed E-state index contributed by atoms with van der Waals surface area (Å²) in [7, 11) is -4.73. The molecule has 3 unspecified atom stereocenters. The first-order valence-corrected chi connectivity index (χ1v) is 22.7. The lowest BCUT2D eigenvalue weighted by atomic mass is 10.0. The van der Waals surface area contributed by atoms with E-state index in [0.717, 1.165) is 44.9 Å². The molecule has 0 radical (unpaired) electrons. The Bertz CT molecular complexity index is 1120. The van der Waals surface area contributed by atoms with E-state index in [1.807, 2.05) is 12.2 Å². The fourth-order valence-electron chi connectivity index (χ4n) is 5.48. The zero-order chi connectivity index (χ0) is 40.7. The van der Waals surface area contributed by atoms with Gasteiger partial charge >= 0.3 is 25.7 Å². The number of carboxylic acid groups (broad SMARTS) is 1. The Hall–Kier alpha value is -2.56. The molecule has 0 amide bonds. The summed E-state index contributed by atoms with van der Waals surface area (Å²) in [6, 6.07) is -1.53. The Morgan fingerprint density at radius 2 is 1.00 bits per heavy atom. The number of ether oxygens (including phenoxy) is 2. The molecule has 0 saturated heterocycles. The topological polar surface area (TPSA) is 172 Å². The Morgan fingerprint density at radius 1 is 0.564 bits per heavy atom. The molecular formula is C43H76NO10P. The molecule has 0 aliphatic rings. The molecule has 0 aromatic rings. The van der Waals surface area contributed by atoms with Gasteiger partial charge in [0.25, 0.3) is 0 Å². The number of rotatable bonds is 39. The summed E-state index contributed by atoms with van der Waals surface area (Å²) in [4.78, 5) is 45.8. The number of carbonyl (C=O) groups is 3. The maximum absolute atomic E-state index is 12.6. The van der Waals surface area contributed by atoms with Crippen molar-refractivity contribution in [3.05, 3.63) is 48.6 Å². The summed E-state index contributed by atoms with van der Waals surface area (Å²) < 4.78 is 32.6. The molecule has 318 valence electrons. The van der Waals surface area contributed by atoms with Crippen molar-refractivity contribution >= 4 is 25.7 Å². The zero-order valence-electron chi connectivity index (χ0n) is 34.3. The van der Waals surface area contributed by atoms with Gasteiger partial charge < -0.3 is 25.2 Å². The van der Waals surface area contributed by atoms with E-state index in [1.54, 1.807) is 0 Å². The normalized spacial score (nSPS) is 14.3. The third kappa shape index (κ3) is 38.1. The highest BCUT2D eigenvalue weighted by molar-refractivity contribution is 7.47. The van der Waals surface area contributed by atoms with Gasteiger partial charge in [-0.15, -0.1) is 0 Å². The number of hydrogen-bond donors (Lipinski definition) is 3. The Labute approximate surface area is 333 Å². The number of hydrogen-bond acceptors (Lipinski definition) is 9. The van der Waals surface area contributed by atoms with E-state index < -0.39 is 51.1 Å². The van der Waals surface area contributed by atoms with Crippen molar-refractivity contribution in [1.82, 2.24) is 0 Å². The summed E-state index contributed by atoms with van der Waals surface area (Å²) in [5, 5.41) is 8.88. The molecule has 0 saturated carbocycles. The van der Waals surface area contributed by atoms with Crippen LogP contribution in [0.1, 0.15) is 174 Å². The second-order valence-corrected chi connectivity index (χ2v) is 15.6. The SMILES string of the molecule is CCCCCC/C=C\C/C=C\C/C=C\C/C=C\CCC(=O)OC(COC(=O)CCCCCCCCCCCCCCCC)COP(=O)(O)OCC(N)C(=O)O. The van der Waals surface area contributed by atoms with Crippen LogP contribution in [0.2, 0.25) is 0 Å². The summed E-state index contributed by atoms with van der Waals surface area (Å²) in [6.07, 6.45) is 41.9. The summed E-state index contributed by atoms with van der Waals surface area (Å²) in [5.74, 6) is -2.48. The lowest BCUT2D eigenvalue weighted by Gasteiger charge is -2.20. The van der Waals surface area contributed by atoms with Crippen molar-refractivity contribution in [3.8, 4) is 0 Å². The van der Waals surface area contributed by atoms with Crippen LogP contribution < -0.4 is 5.73 Å². The summed E-state index contributed by atoms with van der Waals surface area (Å²) >= 11 is 0. The maximum Gasteiger partial charge on any atom is 0.472 e. The van der Waals surface area contributed by atoms with Crippen LogP contribution in [0.5, 0.6) is 0 Å². The quantitative estimate of drug-likeness (QED) is 0.0234. The molecule has 0 spiro atoms. The van der Waals surface area contributed by atoms with E-state index in [-0.39, 0.29) is 19.4 Å². The molecule has 0 aromatic carbocycles. The molecule has 11 nitrogen and oxygen atoms in total. The average Bonchev–Trinajstić information content (AvgIpc) is 3.16. The summed E-state index contributed by atoms with van der Waals surface area (Å²) in [6.45, 7) is 2.71. The number of nitrogens with two attached hydrogens (primary N) is 1. The van der Waals surface area contributed by atoms with Gasteiger partial charge in [-0.25, -0.2) is 4.57 Å². The summed E-state index contributed by atoms with van der Waals surface area (Å²) in [5.41, 5.74) is 5.32. The predicted molar refractivity (Wildman–Crippen MR) is 222 cm³/mol. The molecule has 12 heteroatoms.